The molecule has 0 saturated heterocycles. The predicted octanol–water partition coefficient (Wildman–Crippen LogP) is 1.07. The molecule has 0 aliphatic rings. The van der Waals surface area contributed by atoms with Gasteiger partial charge in [-0.05, 0) is 0 Å². The number of ketones is 1. The van der Waals surface area contributed by atoms with Crippen LogP contribution in [-0.2, 0) is 0 Å². The minimum Gasteiger partial charge on any atom is -0.491 e. The van der Waals surface area contributed by atoms with Gasteiger partial charge in [-0.3, -0.25) is 4.79 Å². The van der Waals surface area contributed by atoms with Gasteiger partial charge in [0.05, 0.1) is 18.9 Å². The molecule has 0 aliphatic heterocycles. The summed E-state index contributed by atoms with van der Waals surface area (Å²) >= 11 is 0. The fraction of sp³-hybridized carbons (Fsp3) is 0.222. The molecular weight excluding hydrogens is 253 g/mol. The summed E-state index contributed by atoms with van der Waals surface area (Å²) in [6, 6.07) is 0. The first kappa shape index (κ1) is 12.1. The minimum absolute atomic E-state index is 0.123. The van der Waals surface area contributed by atoms with Gasteiger partial charge >= 0.3 is 6.18 Å². The van der Waals surface area contributed by atoms with Gasteiger partial charge in [-0.2, -0.15) is 18.3 Å². The monoisotopic (exact) mass is 260 g/mol. The fourth-order valence-electron chi connectivity index (χ4n) is 1.49. The molecular formula is C9H7F3N4O2. The number of halogens is 3. The molecule has 2 aromatic rings. The Morgan fingerprint density at radius 1 is 1.50 bits per heavy atom. The number of aromatic nitrogens is 3. The van der Waals surface area contributed by atoms with Gasteiger partial charge in [0.2, 0.25) is 0 Å². The summed E-state index contributed by atoms with van der Waals surface area (Å²) in [4.78, 5) is 14.9. The van der Waals surface area contributed by atoms with Crippen LogP contribution in [0.4, 0.5) is 19.0 Å². The van der Waals surface area contributed by atoms with Crippen LogP contribution in [0.15, 0.2) is 12.5 Å². The van der Waals surface area contributed by atoms with Gasteiger partial charge in [0.1, 0.15) is 11.8 Å². The second-order valence-corrected chi connectivity index (χ2v) is 3.34. The first-order chi connectivity index (χ1) is 8.36. The Morgan fingerprint density at radius 2 is 2.17 bits per heavy atom. The standard InChI is InChI=1S/C9H7F3N4O2/c1-18-6-5-4(7(17)9(10,11)12)2-15-16(5)3-14-8(6)13/h2-3H,13H2,1H3. The summed E-state index contributed by atoms with van der Waals surface area (Å²) in [6.07, 6.45) is -3.10. The van der Waals surface area contributed by atoms with Crippen molar-refractivity contribution in [1.29, 1.82) is 0 Å². The molecule has 2 heterocycles. The lowest BCUT2D eigenvalue weighted by Gasteiger charge is -2.07. The number of ether oxygens (including phenoxy) is 1. The lowest BCUT2D eigenvalue weighted by Crippen LogP contribution is -2.22. The quantitative estimate of drug-likeness (QED) is 0.816. The third kappa shape index (κ3) is 1.73. The van der Waals surface area contributed by atoms with E-state index in [4.69, 9.17) is 10.5 Å². The van der Waals surface area contributed by atoms with E-state index in [1.54, 1.807) is 0 Å². The van der Waals surface area contributed by atoms with Crippen LogP contribution in [-0.4, -0.2) is 33.7 Å². The summed E-state index contributed by atoms with van der Waals surface area (Å²) in [5.74, 6) is -2.26. The molecule has 0 spiro atoms. The highest BCUT2D eigenvalue weighted by atomic mass is 19.4. The number of alkyl halides is 3. The zero-order valence-corrected chi connectivity index (χ0v) is 9.02. The molecule has 0 aromatic carbocycles. The Hall–Kier alpha value is -2.32. The Labute approximate surface area is 98.2 Å². The number of anilines is 1. The summed E-state index contributed by atoms with van der Waals surface area (Å²) in [5.41, 5.74) is 4.67. The van der Waals surface area contributed by atoms with Crippen LogP contribution < -0.4 is 10.5 Å². The lowest BCUT2D eigenvalue weighted by atomic mass is 10.1. The number of Topliss-reactive ketones (excluding diaryl/α,β-unsaturated/α-hetero) is 1. The summed E-state index contributed by atoms with van der Waals surface area (Å²) in [5, 5.41) is 3.60. The number of rotatable bonds is 2. The zero-order valence-electron chi connectivity index (χ0n) is 9.02. The normalized spacial score (nSPS) is 11.8. The van der Waals surface area contributed by atoms with E-state index < -0.39 is 17.5 Å². The van der Waals surface area contributed by atoms with Gasteiger partial charge in [-0.1, -0.05) is 0 Å². The smallest absolute Gasteiger partial charge is 0.455 e. The molecule has 2 aromatic heterocycles. The van der Waals surface area contributed by atoms with Crippen molar-refractivity contribution in [3.8, 4) is 5.75 Å². The summed E-state index contributed by atoms with van der Waals surface area (Å²) < 4.78 is 43.1. The van der Waals surface area contributed by atoms with Crippen molar-refractivity contribution in [2.24, 2.45) is 0 Å². The second-order valence-electron chi connectivity index (χ2n) is 3.34. The molecule has 9 heteroatoms. The summed E-state index contributed by atoms with van der Waals surface area (Å²) in [6.45, 7) is 0. The molecule has 0 radical (unpaired) electrons. The van der Waals surface area contributed by atoms with Gasteiger partial charge in [0.15, 0.2) is 11.6 Å². The van der Waals surface area contributed by atoms with Crippen molar-refractivity contribution >= 4 is 17.1 Å². The number of nitrogen functional groups attached to an aromatic ring is 1. The Balaban J connectivity index is 2.74. The molecule has 0 aliphatic carbocycles. The van der Waals surface area contributed by atoms with E-state index in [0.29, 0.717) is 0 Å². The van der Waals surface area contributed by atoms with Gasteiger partial charge in [0.25, 0.3) is 5.78 Å². The molecule has 0 saturated carbocycles. The highest BCUT2D eigenvalue weighted by molar-refractivity contribution is 6.07. The largest absolute Gasteiger partial charge is 0.491 e. The van der Waals surface area contributed by atoms with Crippen LogP contribution in [0.3, 0.4) is 0 Å². The van der Waals surface area contributed by atoms with E-state index in [1.165, 1.54) is 7.11 Å². The number of hydrogen-bond donors (Lipinski definition) is 1. The van der Waals surface area contributed by atoms with Crippen molar-refractivity contribution in [2.45, 2.75) is 6.18 Å². The number of nitrogens with two attached hydrogens (primary N) is 1. The van der Waals surface area contributed by atoms with Crippen LogP contribution in [0, 0.1) is 0 Å². The number of hydrogen-bond acceptors (Lipinski definition) is 5. The molecule has 0 fully saturated rings. The Kier molecular flexibility index (Phi) is 2.60. The van der Waals surface area contributed by atoms with E-state index >= 15 is 0 Å². The van der Waals surface area contributed by atoms with Crippen molar-refractivity contribution in [1.82, 2.24) is 14.6 Å². The highest BCUT2D eigenvalue weighted by Crippen LogP contribution is 2.31. The van der Waals surface area contributed by atoms with Crippen molar-refractivity contribution in [3.63, 3.8) is 0 Å². The number of carbonyl (C=O) groups is 1. The average molecular weight is 260 g/mol. The van der Waals surface area contributed by atoms with Crippen LogP contribution in [0.5, 0.6) is 5.75 Å². The maximum atomic E-state index is 12.4. The number of carbonyl (C=O) groups excluding carboxylic acids is 1. The number of methoxy groups -OCH3 is 1. The van der Waals surface area contributed by atoms with E-state index in [0.717, 1.165) is 17.0 Å². The Morgan fingerprint density at radius 3 is 2.72 bits per heavy atom. The second kappa shape index (κ2) is 3.86. The molecule has 2 N–H and O–H groups in total. The molecule has 18 heavy (non-hydrogen) atoms. The van der Waals surface area contributed by atoms with E-state index in [1.807, 2.05) is 0 Å². The van der Waals surface area contributed by atoms with E-state index in [2.05, 4.69) is 10.1 Å². The molecule has 2 rings (SSSR count). The van der Waals surface area contributed by atoms with Crippen LogP contribution in [0.2, 0.25) is 0 Å². The lowest BCUT2D eigenvalue weighted by molar-refractivity contribution is -0.0884. The maximum absolute atomic E-state index is 12.4. The SMILES string of the molecule is COc1c(N)ncn2ncc(C(=O)C(F)(F)F)c12. The fourth-order valence-corrected chi connectivity index (χ4v) is 1.49. The van der Waals surface area contributed by atoms with Gasteiger partial charge in [-0.15, -0.1) is 0 Å². The third-order valence-corrected chi connectivity index (χ3v) is 2.26. The van der Waals surface area contributed by atoms with Crippen molar-refractivity contribution in [3.05, 3.63) is 18.1 Å². The van der Waals surface area contributed by atoms with Gasteiger partial charge in [-0.25, -0.2) is 9.50 Å². The van der Waals surface area contributed by atoms with Crippen LogP contribution in [0.1, 0.15) is 10.4 Å². The van der Waals surface area contributed by atoms with E-state index in [-0.39, 0.29) is 17.1 Å². The predicted molar refractivity (Wildman–Crippen MR) is 54.3 cm³/mol. The third-order valence-electron chi connectivity index (χ3n) is 2.26. The average Bonchev–Trinajstić information content (AvgIpc) is 2.70. The minimum atomic E-state index is -4.99. The van der Waals surface area contributed by atoms with Crippen LogP contribution in [0.25, 0.3) is 5.52 Å². The number of nitrogens with zero attached hydrogens (tertiary/aromatic N) is 3. The first-order valence-corrected chi connectivity index (χ1v) is 4.63. The highest BCUT2D eigenvalue weighted by Gasteiger charge is 2.41. The molecule has 0 amide bonds. The number of fused-ring (bicyclic) bond motifs is 1. The Bertz CT molecular complexity index is 620. The zero-order chi connectivity index (χ0) is 13.5. The van der Waals surface area contributed by atoms with Gasteiger partial charge in [0, 0.05) is 0 Å². The van der Waals surface area contributed by atoms with E-state index in [9.17, 15) is 18.0 Å². The molecule has 0 unspecified atom stereocenters. The molecule has 96 valence electrons. The maximum Gasteiger partial charge on any atom is 0.455 e. The topological polar surface area (TPSA) is 82.5 Å². The molecule has 0 bridgehead atoms. The summed E-state index contributed by atoms with van der Waals surface area (Å²) in [7, 11) is 1.21. The molecule has 0 atom stereocenters. The first-order valence-electron chi connectivity index (χ1n) is 4.63. The van der Waals surface area contributed by atoms with Crippen LogP contribution >= 0.6 is 0 Å². The molecule has 6 nitrogen and oxygen atoms in total. The van der Waals surface area contributed by atoms with Crippen molar-refractivity contribution < 1.29 is 22.7 Å². The van der Waals surface area contributed by atoms with Crippen molar-refractivity contribution in [2.75, 3.05) is 12.8 Å². The van der Waals surface area contributed by atoms with Gasteiger partial charge < -0.3 is 10.5 Å².